The first-order valence-electron chi connectivity index (χ1n) is 8.78. The van der Waals surface area contributed by atoms with Gasteiger partial charge in [-0.2, -0.15) is 18.3 Å². The first-order valence-corrected chi connectivity index (χ1v) is 9.16. The van der Waals surface area contributed by atoms with Crippen LogP contribution in [0.3, 0.4) is 0 Å². The lowest BCUT2D eigenvalue weighted by atomic mass is 10.2. The zero-order chi connectivity index (χ0) is 22.2. The predicted molar refractivity (Wildman–Crippen MR) is 105 cm³/mol. The van der Waals surface area contributed by atoms with Crippen LogP contribution in [0.2, 0.25) is 5.02 Å². The molecule has 0 bridgehead atoms. The second kappa shape index (κ2) is 7.94. The number of benzene rings is 1. The molecule has 158 valence electrons. The van der Waals surface area contributed by atoms with E-state index in [2.05, 4.69) is 15.5 Å². The molecule has 1 N–H and O–H groups in total. The smallest absolute Gasteiger partial charge is 0.323 e. The Kier molecular flexibility index (Phi) is 5.71. The van der Waals surface area contributed by atoms with Crippen molar-refractivity contribution in [3.63, 3.8) is 0 Å². The van der Waals surface area contributed by atoms with E-state index in [-0.39, 0.29) is 10.7 Å². The van der Waals surface area contributed by atoms with Crippen molar-refractivity contribution in [2.75, 3.05) is 5.32 Å². The van der Waals surface area contributed by atoms with E-state index in [4.69, 9.17) is 11.6 Å². The zero-order valence-electron chi connectivity index (χ0n) is 16.2. The zero-order valence-corrected chi connectivity index (χ0v) is 16.9. The highest BCUT2D eigenvalue weighted by Crippen LogP contribution is 2.34. The third-order valence-corrected chi connectivity index (χ3v) is 4.67. The summed E-state index contributed by atoms with van der Waals surface area (Å²) in [5, 5.41) is 10.7. The quantitative estimate of drug-likeness (QED) is 0.668. The first-order chi connectivity index (χ1) is 14.0. The lowest BCUT2D eigenvalue weighted by Crippen LogP contribution is -2.33. The van der Waals surface area contributed by atoms with Crippen LogP contribution >= 0.6 is 11.6 Å². The number of nitrogens with zero attached hydrogens (tertiary/aromatic N) is 4. The maximum atomic E-state index is 12.9. The van der Waals surface area contributed by atoms with Crippen LogP contribution < -0.4 is 10.9 Å². The van der Waals surface area contributed by atoms with Gasteiger partial charge in [0, 0.05) is 11.8 Å². The third-order valence-electron chi connectivity index (χ3n) is 4.34. The highest BCUT2D eigenvalue weighted by atomic mass is 35.5. The van der Waals surface area contributed by atoms with Crippen LogP contribution in [0.5, 0.6) is 0 Å². The van der Waals surface area contributed by atoms with E-state index in [1.807, 2.05) is 13.0 Å². The number of aromatic nitrogens is 4. The minimum atomic E-state index is -4.59. The summed E-state index contributed by atoms with van der Waals surface area (Å²) in [5.74, 6) is -0.437. The summed E-state index contributed by atoms with van der Waals surface area (Å²) in [6.45, 7) is 5.01. The van der Waals surface area contributed by atoms with Gasteiger partial charge in [-0.3, -0.25) is 9.59 Å². The van der Waals surface area contributed by atoms with Gasteiger partial charge in [-0.25, -0.2) is 9.36 Å². The van der Waals surface area contributed by atoms with Crippen molar-refractivity contribution < 1.29 is 18.0 Å². The Labute approximate surface area is 174 Å². The van der Waals surface area contributed by atoms with E-state index in [9.17, 15) is 22.8 Å². The number of hydrogen-bond donors (Lipinski definition) is 1. The van der Waals surface area contributed by atoms with E-state index in [1.54, 1.807) is 6.92 Å². The highest BCUT2D eigenvalue weighted by molar-refractivity contribution is 6.33. The van der Waals surface area contributed by atoms with Gasteiger partial charge in [-0.15, -0.1) is 5.10 Å². The molecule has 0 aliphatic rings. The number of carbonyl (C=O) groups is 1. The van der Waals surface area contributed by atoms with Gasteiger partial charge in [0.1, 0.15) is 6.04 Å². The number of nitrogens with one attached hydrogen (secondary N) is 1. The third kappa shape index (κ3) is 4.38. The topological polar surface area (TPSA) is 81.8 Å². The van der Waals surface area contributed by atoms with Gasteiger partial charge in [0.05, 0.1) is 22.0 Å². The Bertz CT molecular complexity index is 1170. The van der Waals surface area contributed by atoms with Crippen LogP contribution in [0.4, 0.5) is 18.9 Å². The van der Waals surface area contributed by atoms with Crippen LogP contribution in [0.1, 0.15) is 29.9 Å². The van der Waals surface area contributed by atoms with Gasteiger partial charge in [0.25, 0.3) is 5.56 Å². The van der Waals surface area contributed by atoms with E-state index < -0.39 is 29.2 Å². The highest BCUT2D eigenvalue weighted by Gasteiger charge is 2.31. The predicted octanol–water partition coefficient (Wildman–Crippen LogP) is 3.92. The molecule has 1 amide bonds. The van der Waals surface area contributed by atoms with Gasteiger partial charge in [0.15, 0.2) is 5.82 Å². The van der Waals surface area contributed by atoms with Gasteiger partial charge >= 0.3 is 6.18 Å². The Morgan fingerprint density at radius 2 is 1.83 bits per heavy atom. The molecule has 2 aromatic heterocycles. The summed E-state index contributed by atoms with van der Waals surface area (Å²) in [6.07, 6.45) is -4.59. The summed E-state index contributed by atoms with van der Waals surface area (Å²) in [7, 11) is 0. The number of aryl methyl sites for hydroxylation is 2. The molecule has 2 heterocycles. The van der Waals surface area contributed by atoms with Crippen molar-refractivity contribution in [1.82, 2.24) is 19.6 Å². The molecule has 0 saturated carbocycles. The number of anilines is 1. The maximum Gasteiger partial charge on any atom is 0.416 e. The van der Waals surface area contributed by atoms with Crippen LogP contribution in [0.25, 0.3) is 5.82 Å². The molecule has 0 radical (unpaired) electrons. The molecule has 1 unspecified atom stereocenters. The number of carbonyl (C=O) groups excluding carboxylic acids is 1. The standard InChI is InChI=1S/C19H17ClF3N5O2/c1-10-8-11(2)27(25-10)16-6-7-17(29)28(26-16)12(3)18(30)24-15-9-13(19(21,22)23)4-5-14(15)20/h4-9,12H,1-3H3,(H,24,30). The van der Waals surface area contributed by atoms with Crippen molar-refractivity contribution in [2.45, 2.75) is 33.0 Å². The van der Waals surface area contributed by atoms with E-state index in [1.165, 1.54) is 23.7 Å². The molecule has 0 aliphatic carbocycles. The Hall–Kier alpha value is -3.14. The lowest BCUT2D eigenvalue weighted by Gasteiger charge is -2.16. The molecule has 0 saturated heterocycles. The largest absolute Gasteiger partial charge is 0.416 e. The van der Waals surface area contributed by atoms with Gasteiger partial charge < -0.3 is 5.32 Å². The first kappa shape index (κ1) is 21.6. The minimum absolute atomic E-state index is 0.0692. The number of alkyl halides is 3. The fourth-order valence-corrected chi connectivity index (χ4v) is 2.98. The molecular formula is C19H17ClF3N5O2. The van der Waals surface area contributed by atoms with Crippen LogP contribution in [-0.4, -0.2) is 25.5 Å². The number of hydrogen-bond acceptors (Lipinski definition) is 4. The number of amides is 1. The van der Waals surface area contributed by atoms with Crippen molar-refractivity contribution in [3.8, 4) is 5.82 Å². The fraction of sp³-hybridized carbons (Fsp3) is 0.263. The van der Waals surface area contributed by atoms with E-state index in [0.717, 1.165) is 34.3 Å². The van der Waals surface area contributed by atoms with E-state index >= 15 is 0 Å². The SMILES string of the molecule is Cc1cc(C)n(-c2ccc(=O)n(C(C)C(=O)Nc3cc(C(F)(F)F)ccc3Cl)n2)n1. The molecule has 1 aromatic carbocycles. The Morgan fingerprint density at radius 1 is 1.13 bits per heavy atom. The van der Waals surface area contributed by atoms with Crippen LogP contribution in [0.15, 0.2) is 41.2 Å². The number of rotatable bonds is 4. The Balaban J connectivity index is 1.91. The summed E-state index contributed by atoms with van der Waals surface area (Å²) in [6, 6.07) is 5.98. The van der Waals surface area contributed by atoms with E-state index in [0.29, 0.717) is 5.82 Å². The monoisotopic (exact) mass is 439 g/mol. The molecule has 7 nitrogen and oxygen atoms in total. The molecule has 3 aromatic rings. The second-order valence-corrected chi connectivity index (χ2v) is 7.08. The molecule has 1 atom stereocenters. The van der Waals surface area contributed by atoms with Crippen LogP contribution in [-0.2, 0) is 11.0 Å². The lowest BCUT2D eigenvalue weighted by molar-refractivity contribution is -0.137. The van der Waals surface area contributed by atoms with Gasteiger partial charge in [-0.05, 0) is 51.1 Å². The van der Waals surface area contributed by atoms with Gasteiger partial charge in [0.2, 0.25) is 5.91 Å². The Morgan fingerprint density at radius 3 is 2.43 bits per heavy atom. The second-order valence-electron chi connectivity index (χ2n) is 6.67. The molecular weight excluding hydrogens is 423 g/mol. The average molecular weight is 440 g/mol. The summed E-state index contributed by atoms with van der Waals surface area (Å²) in [5.41, 5.74) is -0.212. The van der Waals surface area contributed by atoms with Crippen molar-refractivity contribution in [2.24, 2.45) is 0 Å². The molecule has 11 heteroatoms. The molecule has 0 spiro atoms. The maximum absolute atomic E-state index is 12.9. The molecule has 30 heavy (non-hydrogen) atoms. The van der Waals surface area contributed by atoms with Crippen molar-refractivity contribution in [1.29, 1.82) is 0 Å². The summed E-state index contributed by atoms with van der Waals surface area (Å²) < 4.78 is 41.2. The summed E-state index contributed by atoms with van der Waals surface area (Å²) >= 11 is 5.92. The van der Waals surface area contributed by atoms with Gasteiger partial charge in [-0.1, -0.05) is 11.6 Å². The molecule has 0 fully saturated rings. The summed E-state index contributed by atoms with van der Waals surface area (Å²) in [4.78, 5) is 24.9. The normalized spacial score (nSPS) is 12.6. The molecule has 0 aliphatic heterocycles. The number of halogens is 4. The molecule has 3 rings (SSSR count). The minimum Gasteiger partial charge on any atom is -0.323 e. The van der Waals surface area contributed by atoms with Crippen molar-refractivity contribution in [3.05, 3.63) is 68.7 Å². The fourth-order valence-electron chi connectivity index (χ4n) is 2.81. The van der Waals surface area contributed by atoms with Crippen molar-refractivity contribution >= 4 is 23.2 Å². The average Bonchev–Trinajstić information content (AvgIpc) is 3.00. The van der Waals surface area contributed by atoms with Crippen LogP contribution in [0, 0.1) is 13.8 Å².